The minimum absolute atomic E-state index is 0.103. The third-order valence-corrected chi connectivity index (χ3v) is 4.42. The fraction of sp³-hybridized carbons (Fsp3) is 0.571. The molecule has 1 heterocycles. The van der Waals surface area contributed by atoms with Gasteiger partial charge >= 0.3 is 0 Å². The Morgan fingerprint density at radius 3 is 3.00 bits per heavy atom. The van der Waals surface area contributed by atoms with Gasteiger partial charge in [-0.15, -0.1) is 0 Å². The first-order chi connectivity index (χ1) is 8.67. The van der Waals surface area contributed by atoms with Gasteiger partial charge in [0.2, 0.25) is 0 Å². The van der Waals surface area contributed by atoms with Gasteiger partial charge in [-0.25, -0.2) is 4.39 Å². The van der Waals surface area contributed by atoms with E-state index in [-0.39, 0.29) is 11.2 Å². The molecule has 0 bridgehead atoms. The van der Waals surface area contributed by atoms with Gasteiger partial charge in [-0.05, 0) is 46.9 Å². The Balaban J connectivity index is 2.15. The van der Waals surface area contributed by atoms with Crippen molar-refractivity contribution in [3.05, 3.63) is 34.1 Å². The molecule has 1 saturated heterocycles. The molecule has 0 radical (unpaired) electrons. The van der Waals surface area contributed by atoms with Gasteiger partial charge in [0, 0.05) is 18.6 Å². The van der Waals surface area contributed by atoms with Gasteiger partial charge in [0.25, 0.3) is 0 Å². The first-order valence-electron chi connectivity index (χ1n) is 6.38. The van der Waals surface area contributed by atoms with Crippen molar-refractivity contribution in [3.8, 4) is 0 Å². The number of rotatable bonds is 5. The summed E-state index contributed by atoms with van der Waals surface area (Å²) in [4.78, 5) is 0. The first kappa shape index (κ1) is 14.0. The molecule has 0 aliphatic carbocycles. The molecule has 0 saturated carbocycles. The Morgan fingerprint density at radius 1 is 1.50 bits per heavy atom. The molecule has 0 amide bonds. The molecule has 1 N–H and O–H groups in total. The van der Waals surface area contributed by atoms with Crippen LogP contribution in [0.3, 0.4) is 0 Å². The summed E-state index contributed by atoms with van der Waals surface area (Å²) < 4.78 is 19.7. The van der Waals surface area contributed by atoms with Gasteiger partial charge in [0.1, 0.15) is 5.82 Å². The maximum atomic E-state index is 13.5. The van der Waals surface area contributed by atoms with Gasteiger partial charge < -0.3 is 10.1 Å². The lowest BCUT2D eigenvalue weighted by molar-refractivity contribution is 0.149. The molecular formula is C14H19BrFNO. The smallest absolute Gasteiger partial charge is 0.137 e. The van der Waals surface area contributed by atoms with E-state index < -0.39 is 0 Å². The van der Waals surface area contributed by atoms with E-state index >= 15 is 0 Å². The lowest BCUT2D eigenvalue weighted by Crippen LogP contribution is -2.36. The highest BCUT2D eigenvalue weighted by atomic mass is 79.9. The lowest BCUT2D eigenvalue weighted by Gasteiger charge is -2.28. The Bertz CT molecular complexity index is 405. The SMILES string of the molecule is CCNCC1(Cc2cccc(F)c2Br)CCOC1. The molecule has 2 rings (SSSR count). The zero-order valence-electron chi connectivity index (χ0n) is 10.6. The molecule has 1 fully saturated rings. The maximum absolute atomic E-state index is 13.5. The third kappa shape index (κ3) is 3.11. The van der Waals surface area contributed by atoms with Crippen molar-refractivity contribution in [1.82, 2.24) is 5.32 Å². The second kappa shape index (κ2) is 6.13. The predicted molar refractivity (Wildman–Crippen MR) is 74.2 cm³/mol. The average Bonchev–Trinajstić information content (AvgIpc) is 2.82. The molecule has 1 aromatic rings. The van der Waals surface area contributed by atoms with Crippen LogP contribution < -0.4 is 5.32 Å². The number of halogens is 2. The van der Waals surface area contributed by atoms with E-state index in [2.05, 4.69) is 28.2 Å². The first-order valence-corrected chi connectivity index (χ1v) is 7.17. The highest BCUT2D eigenvalue weighted by molar-refractivity contribution is 9.10. The lowest BCUT2D eigenvalue weighted by atomic mass is 9.81. The van der Waals surface area contributed by atoms with Crippen molar-refractivity contribution in [3.63, 3.8) is 0 Å². The Kier molecular flexibility index (Phi) is 4.76. The zero-order valence-corrected chi connectivity index (χ0v) is 12.2. The highest BCUT2D eigenvalue weighted by Gasteiger charge is 2.35. The molecular weight excluding hydrogens is 297 g/mol. The number of hydrogen-bond acceptors (Lipinski definition) is 2. The molecule has 1 aliphatic heterocycles. The highest BCUT2D eigenvalue weighted by Crippen LogP contribution is 2.34. The van der Waals surface area contributed by atoms with Crippen molar-refractivity contribution in [2.24, 2.45) is 5.41 Å². The number of benzene rings is 1. The maximum Gasteiger partial charge on any atom is 0.137 e. The van der Waals surface area contributed by atoms with Gasteiger partial charge in [-0.1, -0.05) is 19.1 Å². The summed E-state index contributed by atoms with van der Waals surface area (Å²) in [7, 11) is 0. The summed E-state index contributed by atoms with van der Waals surface area (Å²) in [6, 6.07) is 5.24. The monoisotopic (exact) mass is 315 g/mol. The Labute approximate surface area is 116 Å². The third-order valence-electron chi connectivity index (χ3n) is 3.53. The van der Waals surface area contributed by atoms with Crippen LogP contribution in [-0.2, 0) is 11.2 Å². The van der Waals surface area contributed by atoms with E-state index in [9.17, 15) is 4.39 Å². The number of nitrogens with one attached hydrogen (secondary N) is 1. The van der Waals surface area contributed by atoms with Crippen LogP contribution in [0.15, 0.2) is 22.7 Å². The van der Waals surface area contributed by atoms with E-state index in [4.69, 9.17) is 4.74 Å². The van der Waals surface area contributed by atoms with Crippen molar-refractivity contribution in [1.29, 1.82) is 0 Å². The molecule has 1 atom stereocenters. The summed E-state index contributed by atoms with van der Waals surface area (Å²) in [6.07, 6.45) is 1.88. The number of hydrogen-bond donors (Lipinski definition) is 1. The molecule has 1 unspecified atom stereocenters. The van der Waals surface area contributed by atoms with Crippen molar-refractivity contribution in [2.45, 2.75) is 19.8 Å². The standard InChI is InChI=1S/C14H19BrFNO/c1-2-17-9-14(6-7-18-10-14)8-11-4-3-5-12(16)13(11)15/h3-5,17H,2,6-10H2,1H3. The quantitative estimate of drug-likeness (QED) is 0.901. The molecule has 100 valence electrons. The van der Waals surface area contributed by atoms with Crippen LogP contribution in [0.4, 0.5) is 4.39 Å². The van der Waals surface area contributed by atoms with Crippen LogP contribution in [-0.4, -0.2) is 26.3 Å². The molecule has 2 nitrogen and oxygen atoms in total. The predicted octanol–water partition coefficient (Wildman–Crippen LogP) is 3.15. The van der Waals surface area contributed by atoms with E-state index in [0.29, 0.717) is 4.47 Å². The van der Waals surface area contributed by atoms with E-state index in [1.54, 1.807) is 6.07 Å². The van der Waals surface area contributed by atoms with Crippen LogP contribution in [0.25, 0.3) is 0 Å². The van der Waals surface area contributed by atoms with Crippen LogP contribution in [0, 0.1) is 11.2 Å². The van der Waals surface area contributed by atoms with Crippen molar-refractivity contribution < 1.29 is 9.13 Å². The summed E-state index contributed by atoms with van der Waals surface area (Å²) in [5, 5.41) is 3.40. The topological polar surface area (TPSA) is 21.3 Å². The second-order valence-electron chi connectivity index (χ2n) is 4.97. The van der Waals surface area contributed by atoms with Gasteiger partial charge in [-0.2, -0.15) is 0 Å². The average molecular weight is 316 g/mol. The molecule has 4 heteroatoms. The molecule has 1 aromatic carbocycles. The zero-order chi connectivity index (χ0) is 13.0. The van der Waals surface area contributed by atoms with Crippen molar-refractivity contribution in [2.75, 3.05) is 26.3 Å². The summed E-state index contributed by atoms with van der Waals surface area (Å²) in [6.45, 7) is 5.53. The van der Waals surface area contributed by atoms with Crippen LogP contribution >= 0.6 is 15.9 Å². The molecule has 0 aromatic heterocycles. The summed E-state index contributed by atoms with van der Waals surface area (Å²) >= 11 is 3.34. The number of ether oxygens (including phenoxy) is 1. The van der Waals surface area contributed by atoms with Gasteiger partial charge in [0.05, 0.1) is 11.1 Å². The summed E-state index contributed by atoms with van der Waals surface area (Å²) in [5.74, 6) is -0.190. The summed E-state index contributed by atoms with van der Waals surface area (Å²) in [5.41, 5.74) is 1.13. The van der Waals surface area contributed by atoms with E-state index in [1.807, 2.05) is 6.07 Å². The second-order valence-corrected chi connectivity index (χ2v) is 5.77. The minimum Gasteiger partial charge on any atom is -0.381 e. The normalized spacial score (nSPS) is 23.5. The Hall–Kier alpha value is -0.450. The van der Waals surface area contributed by atoms with Gasteiger partial charge in [0.15, 0.2) is 0 Å². The largest absolute Gasteiger partial charge is 0.381 e. The Morgan fingerprint density at radius 2 is 2.33 bits per heavy atom. The molecule has 18 heavy (non-hydrogen) atoms. The van der Waals surface area contributed by atoms with Crippen molar-refractivity contribution >= 4 is 15.9 Å². The molecule has 0 spiro atoms. The fourth-order valence-corrected chi connectivity index (χ4v) is 2.87. The van der Waals surface area contributed by atoms with Crippen LogP contribution in [0.1, 0.15) is 18.9 Å². The van der Waals surface area contributed by atoms with E-state index in [1.165, 1.54) is 6.07 Å². The van der Waals surface area contributed by atoms with Crippen LogP contribution in [0.5, 0.6) is 0 Å². The minimum atomic E-state index is -0.190. The van der Waals surface area contributed by atoms with Crippen LogP contribution in [0.2, 0.25) is 0 Å². The van der Waals surface area contributed by atoms with Gasteiger partial charge in [-0.3, -0.25) is 0 Å². The molecule has 1 aliphatic rings. The fourth-order valence-electron chi connectivity index (χ4n) is 2.47. The van der Waals surface area contributed by atoms with E-state index in [0.717, 1.165) is 44.7 Å².